The Balaban J connectivity index is 1.32. The van der Waals surface area contributed by atoms with E-state index in [1.165, 1.54) is 0 Å². The van der Waals surface area contributed by atoms with Crippen LogP contribution in [0, 0.1) is 0 Å². The van der Waals surface area contributed by atoms with Crippen molar-refractivity contribution in [1.29, 1.82) is 0 Å². The lowest BCUT2D eigenvalue weighted by Crippen LogP contribution is -2.45. The van der Waals surface area contributed by atoms with Gasteiger partial charge in [-0.15, -0.1) is 0 Å². The van der Waals surface area contributed by atoms with Gasteiger partial charge < -0.3 is 29.3 Å². The largest absolute Gasteiger partial charge is 0.463 e. The van der Waals surface area contributed by atoms with Crippen LogP contribution in [0.2, 0.25) is 5.02 Å². The number of anilines is 3. The zero-order valence-corrected chi connectivity index (χ0v) is 19.7. The van der Waals surface area contributed by atoms with E-state index in [0.29, 0.717) is 40.0 Å². The summed E-state index contributed by atoms with van der Waals surface area (Å²) in [6.07, 6.45) is 3.47. The molecule has 1 aliphatic heterocycles. The minimum Gasteiger partial charge on any atom is -0.463 e. The fourth-order valence-electron chi connectivity index (χ4n) is 4.02. The summed E-state index contributed by atoms with van der Waals surface area (Å²) in [6.45, 7) is 3.50. The topological polar surface area (TPSA) is 111 Å². The average molecular weight is 491 g/mol. The van der Waals surface area contributed by atoms with Gasteiger partial charge in [0.05, 0.1) is 11.3 Å². The molecule has 1 aromatic carbocycles. The first-order chi connectivity index (χ1) is 17.1. The molecule has 4 aromatic heterocycles. The third kappa shape index (κ3) is 4.41. The van der Waals surface area contributed by atoms with Crippen molar-refractivity contribution >= 4 is 40.1 Å². The molecular formula is C24H23ClN8O2. The number of hydrogen-bond acceptors (Lipinski definition) is 8. The number of piperazine rings is 1. The number of hydrogen-bond donors (Lipinski definition) is 3. The van der Waals surface area contributed by atoms with Crippen LogP contribution in [0.5, 0.6) is 11.6 Å². The van der Waals surface area contributed by atoms with Crippen molar-refractivity contribution in [2.45, 2.75) is 0 Å². The van der Waals surface area contributed by atoms with E-state index < -0.39 is 0 Å². The summed E-state index contributed by atoms with van der Waals surface area (Å²) in [4.78, 5) is 17.0. The summed E-state index contributed by atoms with van der Waals surface area (Å²) < 4.78 is 11.6. The highest BCUT2D eigenvalue weighted by Crippen LogP contribution is 2.36. The van der Waals surface area contributed by atoms with Gasteiger partial charge >= 0.3 is 0 Å². The van der Waals surface area contributed by atoms with Gasteiger partial charge in [-0.3, -0.25) is 5.10 Å². The van der Waals surface area contributed by atoms with Gasteiger partial charge in [0.1, 0.15) is 17.3 Å². The van der Waals surface area contributed by atoms with Crippen LogP contribution in [0.4, 0.5) is 17.6 Å². The molecule has 5 aromatic rings. The molecule has 0 amide bonds. The van der Waals surface area contributed by atoms with Gasteiger partial charge in [0, 0.05) is 55.4 Å². The molecule has 6 rings (SSSR count). The number of aromatic amines is 2. The number of ether oxygens (including phenoxy) is 1. The maximum Gasteiger partial charge on any atom is 0.230 e. The highest BCUT2D eigenvalue weighted by molar-refractivity contribution is 6.36. The number of fused-ring (bicyclic) bond motifs is 1. The number of nitrogens with one attached hydrogen (secondary N) is 3. The van der Waals surface area contributed by atoms with Gasteiger partial charge in [-0.05, 0) is 37.4 Å². The van der Waals surface area contributed by atoms with Crippen molar-refractivity contribution in [2.75, 3.05) is 43.4 Å². The lowest BCUT2D eigenvalue weighted by Gasteiger charge is -2.32. The fourth-order valence-corrected chi connectivity index (χ4v) is 4.29. The lowest BCUT2D eigenvalue weighted by atomic mass is 10.2. The van der Waals surface area contributed by atoms with Gasteiger partial charge in [0.15, 0.2) is 11.6 Å². The van der Waals surface area contributed by atoms with Crippen LogP contribution in [-0.4, -0.2) is 63.3 Å². The monoisotopic (exact) mass is 490 g/mol. The molecule has 1 fully saturated rings. The van der Waals surface area contributed by atoms with Crippen LogP contribution in [0.15, 0.2) is 59.3 Å². The first-order valence-electron chi connectivity index (χ1n) is 11.2. The molecule has 0 spiro atoms. The highest BCUT2D eigenvalue weighted by Gasteiger charge is 2.20. The van der Waals surface area contributed by atoms with E-state index in [4.69, 9.17) is 30.7 Å². The maximum atomic E-state index is 6.62. The van der Waals surface area contributed by atoms with E-state index in [0.717, 1.165) is 42.8 Å². The molecule has 35 heavy (non-hydrogen) atoms. The molecule has 0 radical (unpaired) electrons. The molecule has 1 aliphatic rings. The minimum atomic E-state index is 0.384. The molecular weight excluding hydrogens is 468 g/mol. The zero-order chi connectivity index (χ0) is 23.8. The number of furan rings is 1. The van der Waals surface area contributed by atoms with Gasteiger partial charge in [0.2, 0.25) is 11.8 Å². The van der Waals surface area contributed by atoms with E-state index in [2.05, 4.69) is 37.3 Å². The van der Waals surface area contributed by atoms with E-state index >= 15 is 0 Å². The Hall–Kier alpha value is -4.02. The fraction of sp³-hybridized carbons (Fsp3) is 0.208. The Bertz CT molecular complexity index is 1450. The van der Waals surface area contributed by atoms with Crippen LogP contribution in [0.1, 0.15) is 0 Å². The Morgan fingerprint density at radius 2 is 1.94 bits per heavy atom. The molecule has 0 saturated carbocycles. The third-order valence-corrected chi connectivity index (χ3v) is 6.34. The van der Waals surface area contributed by atoms with Crippen LogP contribution in [0.3, 0.4) is 0 Å². The zero-order valence-electron chi connectivity index (χ0n) is 19.0. The normalized spacial score (nSPS) is 14.5. The van der Waals surface area contributed by atoms with Crippen molar-refractivity contribution in [3.8, 4) is 23.1 Å². The van der Waals surface area contributed by atoms with Gasteiger partial charge in [-0.25, -0.2) is 0 Å². The van der Waals surface area contributed by atoms with Crippen molar-refractivity contribution in [1.82, 2.24) is 30.0 Å². The Morgan fingerprint density at radius 1 is 1.06 bits per heavy atom. The number of rotatable bonds is 6. The number of benzene rings is 1. The number of likely N-dealkylation sites (N-methyl/N-ethyl adjacent to an activating group) is 1. The maximum absolute atomic E-state index is 6.62. The molecule has 0 bridgehead atoms. The molecule has 5 heterocycles. The Morgan fingerprint density at radius 3 is 2.77 bits per heavy atom. The molecule has 0 unspecified atom stereocenters. The van der Waals surface area contributed by atoms with Gasteiger partial charge in [-0.2, -0.15) is 15.1 Å². The number of H-pyrrole nitrogens is 2. The Labute approximate surface area is 205 Å². The van der Waals surface area contributed by atoms with Crippen molar-refractivity contribution in [3.05, 3.63) is 59.9 Å². The second-order valence-corrected chi connectivity index (χ2v) is 8.75. The van der Waals surface area contributed by atoms with Crippen molar-refractivity contribution in [2.24, 2.45) is 0 Å². The summed E-state index contributed by atoms with van der Waals surface area (Å²) in [5, 5.41) is 12.0. The quantitative estimate of drug-likeness (QED) is 0.309. The van der Waals surface area contributed by atoms with Gasteiger partial charge in [-0.1, -0.05) is 11.6 Å². The number of aromatic nitrogens is 5. The predicted molar refractivity (Wildman–Crippen MR) is 135 cm³/mol. The standard InChI is InChI=1S/C24H23ClN8O2/c1-32-8-10-33(11-9-32)24-28-20(27-21-13-17(30-31-21)18-3-2-12-34-18)14-22(29-24)35-19-5-4-16-15(23(19)25)6-7-26-16/h2-7,12-14,26H,8-11H2,1H3,(H2,27,28,29,30,31). The summed E-state index contributed by atoms with van der Waals surface area (Å²) in [5.74, 6) is 3.34. The summed E-state index contributed by atoms with van der Waals surface area (Å²) >= 11 is 6.62. The minimum absolute atomic E-state index is 0.384. The van der Waals surface area contributed by atoms with Crippen molar-refractivity contribution < 1.29 is 9.15 Å². The Kier molecular flexibility index (Phi) is 5.51. The molecule has 1 saturated heterocycles. The highest BCUT2D eigenvalue weighted by atomic mass is 35.5. The van der Waals surface area contributed by atoms with E-state index in [1.807, 2.05) is 42.6 Å². The summed E-state index contributed by atoms with van der Waals surface area (Å²) in [7, 11) is 2.11. The van der Waals surface area contributed by atoms with Crippen LogP contribution in [0.25, 0.3) is 22.4 Å². The molecule has 0 atom stereocenters. The molecule has 10 nitrogen and oxygen atoms in total. The SMILES string of the molecule is CN1CCN(c2nc(Nc3cc(-c4ccco4)[nH]n3)cc(Oc3ccc4[nH]ccc4c3Cl)n2)CC1. The molecule has 11 heteroatoms. The lowest BCUT2D eigenvalue weighted by molar-refractivity contribution is 0.310. The van der Waals surface area contributed by atoms with Crippen LogP contribution >= 0.6 is 11.6 Å². The predicted octanol–water partition coefficient (Wildman–Crippen LogP) is 4.88. The second kappa shape index (κ2) is 8.97. The van der Waals surface area contributed by atoms with Crippen molar-refractivity contribution in [3.63, 3.8) is 0 Å². The first kappa shape index (κ1) is 21.5. The molecule has 3 N–H and O–H groups in total. The number of halogens is 1. The van der Waals surface area contributed by atoms with Crippen LogP contribution < -0.4 is 15.0 Å². The van der Waals surface area contributed by atoms with E-state index in [1.54, 1.807) is 12.3 Å². The second-order valence-electron chi connectivity index (χ2n) is 8.37. The number of nitrogens with zero attached hydrogens (tertiary/aromatic N) is 5. The third-order valence-electron chi connectivity index (χ3n) is 5.95. The molecule has 178 valence electrons. The first-order valence-corrected chi connectivity index (χ1v) is 11.6. The summed E-state index contributed by atoms with van der Waals surface area (Å²) in [5.41, 5.74) is 1.70. The smallest absolute Gasteiger partial charge is 0.230 e. The average Bonchev–Trinajstić information content (AvgIpc) is 3.63. The van der Waals surface area contributed by atoms with E-state index in [9.17, 15) is 0 Å². The van der Waals surface area contributed by atoms with E-state index in [-0.39, 0.29) is 0 Å². The van der Waals surface area contributed by atoms with Gasteiger partial charge in [0.25, 0.3) is 0 Å². The molecule has 0 aliphatic carbocycles. The van der Waals surface area contributed by atoms with Crippen LogP contribution in [-0.2, 0) is 0 Å². The summed E-state index contributed by atoms with van der Waals surface area (Å²) in [6, 6.07) is 13.0.